The largest absolute Gasteiger partial charge is 0.390 e. The number of nitrogens with zero attached hydrogens (tertiary/aromatic N) is 4. The van der Waals surface area contributed by atoms with Gasteiger partial charge in [0.2, 0.25) is 0 Å². The molecule has 2 aliphatic rings. The maximum atomic E-state index is 12.3. The van der Waals surface area contributed by atoms with Crippen LogP contribution in [0.3, 0.4) is 0 Å². The Labute approximate surface area is 156 Å². The van der Waals surface area contributed by atoms with Crippen molar-refractivity contribution in [1.29, 1.82) is 0 Å². The number of imidazole rings is 1. The molecule has 0 spiro atoms. The molecule has 2 aromatic heterocycles. The van der Waals surface area contributed by atoms with E-state index in [1.54, 1.807) is 12.4 Å². The van der Waals surface area contributed by atoms with E-state index in [1.165, 1.54) is 6.33 Å². The summed E-state index contributed by atoms with van der Waals surface area (Å²) in [6.45, 7) is 3.48. The molecular weight excluding hydrogens is 350 g/mol. The number of hydrogen-bond donors (Lipinski definition) is 4. The van der Waals surface area contributed by atoms with Crippen molar-refractivity contribution in [1.82, 2.24) is 30.2 Å². The zero-order valence-electron chi connectivity index (χ0n) is 14.9. The molecule has 4 N–H and O–H groups in total. The number of aromatic amines is 1. The number of β-amino-alcohol motifs (C(OH)–C–C–N with tert-alkyl or cyclic N) is 1. The van der Waals surface area contributed by atoms with Crippen LogP contribution >= 0.6 is 0 Å². The summed E-state index contributed by atoms with van der Waals surface area (Å²) in [6, 6.07) is 1.82. The molecule has 4 heterocycles. The molecule has 2 aliphatic heterocycles. The predicted molar refractivity (Wildman–Crippen MR) is 96.2 cm³/mol. The quantitative estimate of drug-likeness (QED) is 0.495. The number of ether oxygens (including phenoxy) is 1. The number of aromatic nitrogens is 4. The van der Waals surface area contributed by atoms with E-state index in [9.17, 15) is 9.90 Å². The number of nitrogens with one attached hydrogen (secondary N) is 3. The van der Waals surface area contributed by atoms with Gasteiger partial charge in [-0.3, -0.25) is 9.69 Å². The van der Waals surface area contributed by atoms with Crippen molar-refractivity contribution in [2.24, 2.45) is 0 Å². The van der Waals surface area contributed by atoms with E-state index in [0.717, 1.165) is 30.9 Å². The van der Waals surface area contributed by atoms with Gasteiger partial charge in [0.05, 0.1) is 43.1 Å². The van der Waals surface area contributed by atoms with Gasteiger partial charge in [-0.15, -0.1) is 0 Å². The first kappa shape index (κ1) is 17.8. The van der Waals surface area contributed by atoms with Crippen LogP contribution < -0.4 is 10.6 Å². The van der Waals surface area contributed by atoms with Gasteiger partial charge in [0.25, 0.3) is 5.91 Å². The number of carbonyl (C=O) groups is 1. The van der Waals surface area contributed by atoms with Crippen LogP contribution in [0, 0.1) is 0 Å². The van der Waals surface area contributed by atoms with Crippen LogP contribution in [0.4, 0.5) is 5.82 Å². The highest BCUT2D eigenvalue weighted by Gasteiger charge is 2.21. The lowest BCUT2D eigenvalue weighted by Gasteiger charge is -2.28. The molecule has 0 saturated carbocycles. The number of fused-ring (bicyclic) bond motifs is 1. The first-order valence-electron chi connectivity index (χ1n) is 9.03. The van der Waals surface area contributed by atoms with Gasteiger partial charge in [-0.25, -0.2) is 15.0 Å². The van der Waals surface area contributed by atoms with E-state index >= 15 is 0 Å². The van der Waals surface area contributed by atoms with Gasteiger partial charge in [0.15, 0.2) is 0 Å². The third kappa shape index (κ3) is 4.41. The lowest BCUT2D eigenvalue weighted by Crippen LogP contribution is -2.42. The number of carbonyl (C=O) groups excluding carboxylic acids is 1. The molecule has 0 bridgehead atoms. The molecule has 4 rings (SSSR count). The third-order valence-electron chi connectivity index (χ3n) is 4.71. The Balaban J connectivity index is 1.24. The third-order valence-corrected chi connectivity index (χ3v) is 4.71. The van der Waals surface area contributed by atoms with Crippen molar-refractivity contribution >= 4 is 11.7 Å². The number of aliphatic hydroxyl groups is 1. The number of hydrogen-bond acceptors (Lipinski definition) is 8. The van der Waals surface area contributed by atoms with E-state index < -0.39 is 6.10 Å². The molecule has 1 saturated heterocycles. The molecule has 2 aromatic rings. The van der Waals surface area contributed by atoms with E-state index in [2.05, 4.69) is 35.5 Å². The molecule has 10 nitrogen and oxygen atoms in total. The van der Waals surface area contributed by atoms with E-state index in [-0.39, 0.29) is 24.2 Å². The highest BCUT2D eigenvalue weighted by atomic mass is 16.5. The van der Waals surface area contributed by atoms with Gasteiger partial charge < -0.3 is 25.5 Å². The average Bonchev–Trinajstić information content (AvgIpc) is 3.11. The molecule has 27 heavy (non-hydrogen) atoms. The Hall–Kier alpha value is -2.56. The lowest BCUT2D eigenvalue weighted by molar-refractivity contribution is 0.0209. The number of rotatable bonds is 7. The molecule has 1 amide bonds. The fourth-order valence-electron chi connectivity index (χ4n) is 3.18. The van der Waals surface area contributed by atoms with Gasteiger partial charge in [0.1, 0.15) is 17.8 Å². The van der Waals surface area contributed by atoms with Gasteiger partial charge in [-0.1, -0.05) is 0 Å². The smallest absolute Gasteiger partial charge is 0.270 e. The van der Waals surface area contributed by atoms with E-state index in [4.69, 9.17) is 4.74 Å². The molecular formula is C17H23N7O3. The van der Waals surface area contributed by atoms with Crippen molar-refractivity contribution < 1.29 is 14.6 Å². The van der Waals surface area contributed by atoms with Crippen molar-refractivity contribution in [3.8, 4) is 0 Å². The fraction of sp³-hybridized carbons (Fsp3) is 0.529. The first-order chi connectivity index (χ1) is 13.2. The van der Waals surface area contributed by atoms with Gasteiger partial charge in [0, 0.05) is 38.7 Å². The summed E-state index contributed by atoms with van der Waals surface area (Å²) in [7, 11) is 0. The van der Waals surface area contributed by atoms with Gasteiger partial charge >= 0.3 is 0 Å². The molecule has 10 heteroatoms. The second-order valence-electron chi connectivity index (χ2n) is 6.84. The second kappa shape index (κ2) is 7.99. The molecule has 144 valence electrons. The summed E-state index contributed by atoms with van der Waals surface area (Å²) in [5.41, 5.74) is 2.45. The zero-order valence-corrected chi connectivity index (χ0v) is 14.9. The number of anilines is 1. The molecule has 0 radical (unpaired) electrons. The van der Waals surface area contributed by atoms with Crippen LogP contribution in [0.15, 0.2) is 18.7 Å². The van der Waals surface area contributed by atoms with Gasteiger partial charge in [-0.2, -0.15) is 0 Å². The van der Waals surface area contributed by atoms with Crippen LogP contribution in [-0.4, -0.2) is 80.8 Å². The second-order valence-corrected chi connectivity index (χ2v) is 6.84. The number of aliphatic hydroxyl groups excluding tert-OH is 1. The van der Waals surface area contributed by atoms with Crippen LogP contribution in [0.5, 0.6) is 0 Å². The van der Waals surface area contributed by atoms with Gasteiger partial charge in [-0.05, 0) is 0 Å². The summed E-state index contributed by atoms with van der Waals surface area (Å²) >= 11 is 0. The van der Waals surface area contributed by atoms with Crippen LogP contribution in [0.25, 0.3) is 0 Å². The molecule has 0 aliphatic carbocycles. The normalized spacial score (nSPS) is 18.4. The number of amides is 1. The Morgan fingerprint density at radius 1 is 1.41 bits per heavy atom. The van der Waals surface area contributed by atoms with Crippen LogP contribution in [0.2, 0.25) is 0 Å². The highest BCUT2D eigenvalue weighted by molar-refractivity contribution is 5.92. The maximum absolute atomic E-state index is 12.3. The molecule has 0 unspecified atom stereocenters. The summed E-state index contributed by atoms with van der Waals surface area (Å²) in [4.78, 5) is 30.0. The minimum absolute atomic E-state index is 0.161. The minimum atomic E-state index is -0.662. The Kier molecular flexibility index (Phi) is 5.28. The molecule has 1 fully saturated rings. The standard InChI is InChI=1S/C17H23N7O3/c25-12(5-24-2-1-13-15(6-24)21-9-19-13)4-18-17(26)14-3-16(22-10-20-14)23-11-7-27-8-11/h3,9-12,25H,1-2,4-8H2,(H,18,26)(H,19,21)(H,20,22,23)/t12-/m0/s1. The summed E-state index contributed by atoms with van der Waals surface area (Å²) in [5.74, 6) is 0.256. The van der Waals surface area contributed by atoms with E-state index in [1.807, 2.05) is 0 Å². The Morgan fingerprint density at radius 3 is 3.11 bits per heavy atom. The summed E-state index contributed by atoms with van der Waals surface area (Å²) < 4.78 is 5.10. The van der Waals surface area contributed by atoms with E-state index in [0.29, 0.717) is 25.6 Å². The van der Waals surface area contributed by atoms with Crippen molar-refractivity contribution in [3.05, 3.63) is 35.8 Å². The highest BCUT2D eigenvalue weighted by Crippen LogP contribution is 2.15. The SMILES string of the molecule is O=C(NC[C@H](O)CN1CCc2nc[nH]c2C1)c1cc(NC2COC2)ncn1. The van der Waals surface area contributed by atoms with Crippen molar-refractivity contribution in [2.45, 2.75) is 25.1 Å². The Bertz CT molecular complexity index is 792. The minimum Gasteiger partial charge on any atom is -0.390 e. The fourth-order valence-corrected chi connectivity index (χ4v) is 3.18. The van der Waals surface area contributed by atoms with Crippen LogP contribution in [0.1, 0.15) is 21.9 Å². The molecule has 0 aromatic carbocycles. The van der Waals surface area contributed by atoms with Crippen molar-refractivity contribution in [2.75, 3.05) is 38.2 Å². The summed E-state index contributed by atoms with van der Waals surface area (Å²) in [6.07, 6.45) is 3.25. The lowest BCUT2D eigenvalue weighted by atomic mass is 10.1. The zero-order chi connectivity index (χ0) is 18.6. The summed E-state index contributed by atoms with van der Waals surface area (Å²) in [5, 5.41) is 16.2. The Morgan fingerprint density at radius 2 is 2.30 bits per heavy atom. The average molecular weight is 373 g/mol. The first-order valence-corrected chi connectivity index (χ1v) is 9.03. The van der Waals surface area contributed by atoms with Crippen LogP contribution in [-0.2, 0) is 17.7 Å². The maximum Gasteiger partial charge on any atom is 0.270 e. The number of H-pyrrole nitrogens is 1. The topological polar surface area (TPSA) is 128 Å². The predicted octanol–water partition coefficient (Wildman–Crippen LogP) is -0.841. The van der Waals surface area contributed by atoms with Crippen molar-refractivity contribution in [3.63, 3.8) is 0 Å². The monoisotopic (exact) mass is 373 g/mol. The molecule has 1 atom stereocenters.